The molecule has 2 aromatic carbocycles. The minimum Gasteiger partial charge on any atom is -0.465 e. The Morgan fingerprint density at radius 3 is 2.67 bits per heavy atom. The fraction of sp³-hybridized carbons (Fsp3) is 0.360. The van der Waals surface area contributed by atoms with Crippen molar-refractivity contribution >= 4 is 28.3 Å². The number of ether oxygens (including phenoxy) is 3. The van der Waals surface area contributed by atoms with Crippen LogP contribution in [0.15, 0.2) is 51.7 Å². The predicted octanol–water partition coefficient (Wildman–Crippen LogP) is 4.24. The fourth-order valence-electron chi connectivity index (χ4n) is 4.13. The van der Waals surface area contributed by atoms with Gasteiger partial charge in [0.1, 0.15) is 17.0 Å². The Bertz CT molecular complexity index is 1250. The Morgan fingerprint density at radius 2 is 1.97 bits per heavy atom. The van der Waals surface area contributed by atoms with E-state index >= 15 is 0 Å². The molecular weight excluding hydrogens is 424 g/mol. The van der Waals surface area contributed by atoms with Gasteiger partial charge >= 0.3 is 5.63 Å². The maximum absolute atomic E-state index is 12.6. The minimum absolute atomic E-state index is 0.00553. The van der Waals surface area contributed by atoms with Crippen LogP contribution >= 0.6 is 0 Å². The van der Waals surface area contributed by atoms with Crippen LogP contribution in [0.4, 0.5) is 11.4 Å². The predicted molar refractivity (Wildman–Crippen MR) is 126 cm³/mol. The van der Waals surface area contributed by atoms with Crippen molar-refractivity contribution in [2.24, 2.45) is 0 Å². The number of rotatable bonds is 5. The van der Waals surface area contributed by atoms with E-state index in [0.717, 1.165) is 6.42 Å². The van der Waals surface area contributed by atoms with Gasteiger partial charge in [0.25, 0.3) is 5.91 Å². The summed E-state index contributed by atoms with van der Waals surface area (Å²) >= 11 is 0. The molecular formula is C25H28N2O6. The molecule has 3 N–H and O–H groups in total. The summed E-state index contributed by atoms with van der Waals surface area (Å²) in [4.78, 5) is 25.1. The largest absolute Gasteiger partial charge is 0.465 e. The van der Waals surface area contributed by atoms with Gasteiger partial charge in [-0.1, -0.05) is 6.07 Å². The summed E-state index contributed by atoms with van der Waals surface area (Å²) < 4.78 is 23.3. The van der Waals surface area contributed by atoms with Crippen molar-refractivity contribution in [2.45, 2.75) is 51.6 Å². The van der Waals surface area contributed by atoms with Gasteiger partial charge in [0.15, 0.2) is 0 Å². The number of methoxy groups -OCH3 is 1. The van der Waals surface area contributed by atoms with Crippen LogP contribution in [0.1, 0.15) is 42.6 Å². The van der Waals surface area contributed by atoms with Crippen LogP contribution in [-0.4, -0.2) is 31.0 Å². The highest BCUT2D eigenvalue weighted by Crippen LogP contribution is 2.34. The number of carbonyl (C=O) groups excluding carboxylic acids is 1. The molecule has 1 amide bonds. The Balaban J connectivity index is 1.56. The highest BCUT2D eigenvalue weighted by Gasteiger charge is 2.39. The average Bonchev–Trinajstić information content (AvgIpc) is 2.76. The average molecular weight is 453 g/mol. The molecule has 174 valence electrons. The Labute approximate surface area is 191 Å². The SMILES string of the molecule is COC1CCC(Oc2ccc3cc(NC(=O)c4cccc(N)c4)c(=O)oc3c2C)OC1(C)C. The molecule has 1 aliphatic heterocycles. The van der Waals surface area contributed by atoms with Crippen molar-refractivity contribution in [3.05, 3.63) is 64.0 Å². The lowest BCUT2D eigenvalue weighted by atomic mass is 9.94. The van der Waals surface area contributed by atoms with Crippen LogP contribution in [0.2, 0.25) is 0 Å². The van der Waals surface area contributed by atoms with Gasteiger partial charge in [0, 0.05) is 35.7 Å². The molecule has 0 radical (unpaired) electrons. The second-order valence-electron chi connectivity index (χ2n) is 8.70. The third-order valence-electron chi connectivity index (χ3n) is 5.92. The molecule has 8 heteroatoms. The summed E-state index contributed by atoms with van der Waals surface area (Å²) in [5.74, 6) is 0.121. The Hall–Kier alpha value is -3.36. The molecule has 2 unspecified atom stereocenters. The monoisotopic (exact) mass is 452 g/mol. The first-order valence-electron chi connectivity index (χ1n) is 10.8. The van der Waals surface area contributed by atoms with Crippen LogP contribution in [0.3, 0.4) is 0 Å². The summed E-state index contributed by atoms with van der Waals surface area (Å²) in [6, 6.07) is 11.7. The molecule has 3 aromatic rings. The van der Waals surface area contributed by atoms with Gasteiger partial charge in [-0.15, -0.1) is 0 Å². The number of nitrogen functional groups attached to an aromatic ring is 1. The molecule has 0 bridgehead atoms. The third-order valence-corrected chi connectivity index (χ3v) is 5.92. The maximum atomic E-state index is 12.6. The summed E-state index contributed by atoms with van der Waals surface area (Å²) in [5, 5.41) is 3.26. The van der Waals surface area contributed by atoms with E-state index in [9.17, 15) is 9.59 Å². The van der Waals surface area contributed by atoms with Gasteiger partial charge in [-0.05, 0) is 63.6 Å². The lowest BCUT2D eigenvalue weighted by Gasteiger charge is -2.41. The van der Waals surface area contributed by atoms with E-state index in [4.69, 9.17) is 24.4 Å². The first-order chi connectivity index (χ1) is 15.7. The van der Waals surface area contributed by atoms with E-state index in [1.165, 1.54) is 6.07 Å². The van der Waals surface area contributed by atoms with E-state index in [1.54, 1.807) is 43.5 Å². The van der Waals surface area contributed by atoms with Gasteiger partial charge in [0.2, 0.25) is 6.29 Å². The minimum atomic E-state index is -0.655. The number of carbonyl (C=O) groups is 1. The molecule has 1 aromatic heterocycles. The zero-order chi connectivity index (χ0) is 23.8. The molecule has 0 saturated carbocycles. The van der Waals surface area contributed by atoms with Gasteiger partial charge in [-0.2, -0.15) is 0 Å². The topological polar surface area (TPSA) is 113 Å². The quantitative estimate of drug-likeness (QED) is 0.440. The normalized spacial score (nSPS) is 19.9. The molecule has 1 saturated heterocycles. The first kappa shape index (κ1) is 22.8. The number of benzene rings is 2. The number of aryl methyl sites for hydroxylation is 1. The van der Waals surface area contributed by atoms with Crippen molar-refractivity contribution in [2.75, 3.05) is 18.2 Å². The summed E-state index contributed by atoms with van der Waals surface area (Å²) in [7, 11) is 1.68. The lowest BCUT2D eigenvalue weighted by molar-refractivity contribution is -0.233. The number of nitrogens with one attached hydrogen (secondary N) is 1. The van der Waals surface area contributed by atoms with Crippen molar-refractivity contribution in [3.8, 4) is 5.75 Å². The van der Waals surface area contributed by atoms with Crippen LogP contribution in [0.25, 0.3) is 11.0 Å². The number of hydrogen-bond donors (Lipinski definition) is 2. The number of fused-ring (bicyclic) bond motifs is 1. The van der Waals surface area contributed by atoms with E-state index in [-0.39, 0.29) is 11.8 Å². The summed E-state index contributed by atoms with van der Waals surface area (Å²) in [6.07, 6.45) is 1.05. The summed E-state index contributed by atoms with van der Waals surface area (Å²) in [6.45, 7) is 5.77. The molecule has 33 heavy (non-hydrogen) atoms. The first-order valence-corrected chi connectivity index (χ1v) is 10.8. The highest BCUT2D eigenvalue weighted by molar-refractivity contribution is 6.05. The van der Waals surface area contributed by atoms with E-state index in [0.29, 0.717) is 40.0 Å². The molecule has 0 aliphatic carbocycles. The Morgan fingerprint density at radius 1 is 1.18 bits per heavy atom. The number of anilines is 2. The molecule has 4 rings (SSSR count). The highest BCUT2D eigenvalue weighted by atomic mass is 16.7. The zero-order valence-corrected chi connectivity index (χ0v) is 19.1. The third kappa shape index (κ3) is 4.72. The van der Waals surface area contributed by atoms with Gasteiger partial charge in [-0.25, -0.2) is 4.79 Å². The Kier molecular flexibility index (Phi) is 6.14. The van der Waals surface area contributed by atoms with Gasteiger partial charge in [0.05, 0.1) is 11.7 Å². The molecule has 1 fully saturated rings. The second kappa shape index (κ2) is 8.88. The van der Waals surface area contributed by atoms with E-state index in [1.807, 2.05) is 20.8 Å². The van der Waals surface area contributed by atoms with Gasteiger partial charge in [-0.3, -0.25) is 4.79 Å². The number of hydrogen-bond acceptors (Lipinski definition) is 7. The van der Waals surface area contributed by atoms with Crippen molar-refractivity contribution in [1.82, 2.24) is 0 Å². The second-order valence-corrected chi connectivity index (χ2v) is 8.70. The smallest absolute Gasteiger partial charge is 0.360 e. The van der Waals surface area contributed by atoms with Crippen molar-refractivity contribution in [1.29, 1.82) is 0 Å². The van der Waals surface area contributed by atoms with Crippen LogP contribution in [0.5, 0.6) is 5.75 Å². The molecule has 1 aliphatic rings. The molecule has 8 nitrogen and oxygen atoms in total. The number of nitrogens with two attached hydrogens (primary N) is 1. The standard InChI is InChI=1S/C25H28N2O6/c1-14-19(31-21-11-10-20(30-4)25(2,3)33-21)9-8-15-13-18(24(29)32-22(14)15)27-23(28)16-6-5-7-17(26)12-16/h5-9,12-13,20-21H,10-11,26H2,1-4H3,(H,27,28). The van der Waals surface area contributed by atoms with Crippen molar-refractivity contribution < 1.29 is 23.4 Å². The molecule has 2 atom stereocenters. The van der Waals surface area contributed by atoms with E-state index < -0.39 is 23.4 Å². The van der Waals surface area contributed by atoms with E-state index in [2.05, 4.69) is 5.32 Å². The molecule has 0 spiro atoms. The summed E-state index contributed by atoms with van der Waals surface area (Å²) in [5.41, 5.74) is 6.52. The lowest BCUT2D eigenvalue weighted by Crippen LogP contribution is -2.49. The van der Waals surface area contributed by atoms with Crippen LogP contribution in [0, 0.1) is 6.92 Å². The van der Waals surface area contributed by atoms with Gasteiger partial charge < -0.3 is 29.7 Å². The van der Waals surface area contributed by atoms with Crippen molar-refractivity contribution in [3.63, 3.8) is 0 Å². The molecule has 2 heterocycles. The zero-order valence-electron chi connectivity index (χ0n) is 19.1. The van der Waals surface area contributed by atoms with Crippen LogP contribution in [-0.2, 0) is 9.47 Å². The van der Waals surface area contributed by atoms with Crippen LogP contribution < -0.4 is 21.4 Å². The maximum Gasteiger partial charge on any atom is 0.360 e. The fourth-order valence-corrected chi connectivity index (χ4v) is 4.13. The number of amides is 1.